The molecule has 0 bridgehead atoms. The fourth-order valence-electron chi connectivity index (χ4n) is 4.13. The summed E-state index contributed by atoms with van der Waals surface area (Å²) >= 11 is 0. The molecule has 0 heterocycles. The van der Waals surface area contributed by atoms with Crippen molar-refractivity contribution < 1.29 is 86.8 Å². The van der Waals surface area contributed by atoms with E-state index in [0.717, 1.165) is 12.2 Å². The zero-order chi connectivity index (χ0) is 38.2. The Morgan fingerprint density at radius 1 is 0.614 bits per heavy atom. The van der Waals surface area contributed by atoms with Crippen molar-refractivity contribution in [2.75, 3.05) is 79.1 Å². The van der Waals surface area contributed by atoms with E-state index in [0.29, 0.717) is 0 Å². The molecular formula is C38H67NO18. The molecule has 0 saturated heterocycles. The van der Waals surface area contributed by atoms with E-state index in [2.05, 4.69) is 22.6 Å². The number of carbonyl (C=O) groups is 8. The summed E-state index contributed by atoms with van der Waals surface area (Å²) in [6, 6.07) is 0. The summed E-state index contributed by atoms with van der Waals surface area (Å²) in [6.45, 7) is 0.577. The highest BCUT2D eigenvalue weighted by Crippen LogP contribution is 2.27. The molecule has 0 aliphatic heterocycles. The molecule has 0 aromatic carbocycles. The number of carbonyl (C=O) groups excluding carboxylic acids is 7. The number of carboxylic acids is 1. The van der Waals surface area contributed by atoms with E-state index in [9.17, 15) is 53.7 Å². The van der Waals surface area contributed by atoms with Crippen LogP contribution < -0.4 is 0 Å². The molecule has 57 heavy (non-hydrogen) atoms. The van der Waals surface area contributed by atoms with Crippen LogP contribution in [0.1, 0.15) is 63.8 Å². The maximum absolute atomic E-state index is 12.5. The third kappa shape index (κ3) is 26.4. The number of aliphatic hydroxyl groups is 2. The molecule has 1 aliphatic carbocycles. The second-order valence-electron chi connectivity index (χ2n) is 10.9. The van der Waals surface area contributed by atoms with Crippen molar-refractivity contribution in [3.8, 4) is 0 Å². The number of hydrogen-bond acceptors (Lipinski definition) is 18. The number of nitrogens with zero attached hydrogens (tertiary/aromatic N) is 1. The molecule has 0 aromatic rings. The molecule has 3 N–H and O–H groups in total. The van der Waals surface area contributed by atoms with Crippen LogP contribution in [0.4, 0.5) is 0 Å². The zero-order valence-corrected chi connectivity index (χ0v) is 27.9. The van der Waals surface area contributed by atoms with Crippen molar-refractivity contribution in [3.63, 3.8) is 0 Å². The van der Waals surface area contributed by atoms with E-state index in [-0.39, 0.29) is 96.7 Å². The molecule has 19 heteroatoms. The molecule has 2 unspecified atom stereocenters. The van der Waals surface area contributed by atoms with Crippen molar-refractivity contribution in [1.82, 2.24) is 4.90 Å². The molecular weight excluding hydrogens is 758 g/mol. The molecule has 19 nitrogen and oxygen atoms in total. The second-order valence-corrected chi connectivity index (χ2v) is 10.9. The van der Waals surface area contributed by atoms with Gasteiger partial charge in [-0.15, -0.1) is 0 Å². The summed E-state index contributed by atoms with van der Waals surface area (Å²) in [5.74, 6) is -9.42. The SMILES string of the molecule is C.C.C.C.C.C.C=CC(=O)OCC(=O)OCC(CO)(COC(=O)COC(=O)C=C)COC(=O)COC(=O)CCN(CCO)CCOC(=O)C1CC=CCC1C(=O)O. The Balaban J connectivity index is -0.00000108. The van der Waals surface area contributed by atoms with E-state index in [4.69, 9.17) is 23.7 Å². The molecule has 0 spiro atoms. The highest BCUT2D eigenvalue weighted by atomic mass is 16.6. The standard InChI is InChI=1S/C32H43NO18.6CH4/c1-3-24(36)46-15-27(39)49-19-32(18-35,20-50-28(40)16-47-25(37)4-2)21-51-29(41)17-48-26(38)9-10-33(11-13-34)12-14-45-31(44)23-8-6-5-7-22(23)30(42)43;;;;;;/h3-6,22-23,34-35H,1-2,7-21H2,(H,42,43);6*1H4. The highest BCUT2D eigenvalue weighted by Gasteiger charge is 2.37. The van der Waals surface area contributed by atoms with Crippen molar-refractivity contribution in [2.45, 2.75) is 63.8 Å². The van der Waals surface area contributed by atoms with E-state index < -0.39 is 111 Å². The minimum atomic E-state index is -1.76. The summed E-state index contributed by atoms with van der Waals surface area (Å²) in [7, 11) is 0. The lowest BCUT2D eigenvalue weighted by Gasteiger charge is -2.30. The molecule has 0 aromatic heterocycles. The minimum Gasteiger partial charge on any atom is -0.481 e. The van der Waals surface area contributed by atoms with Gasteiger partial charge in [0.1, 0.15) is 26.4 Å². The number of aliphatic carboxylic acids is 1. The molecule has 332 valence electrons. The number of carboxylic acid groups (broad SMARTS) is 1. The predicted molar refractivity (Wildman–Crippen MR) is 208 cm³/mol. The van der Waals surface area contributed by atoms with Gasteiger partial charge >= 0.3 is 47.8 Å². The minimum absolute atomic E-state index is 0. The number of allylic oxidation sites excluding steroid dienone is 2. The van der Waals surface area contributed by atoms with Crippen LogP contribution in [0.3, 0.4) is 0 Å². The highest BCUT2D eigenvalue weighted by molar-refractivity contribution is 5.84. The quantitative estimate of drug-likeness (QED) is 0.0516. The van der Waals surface area contributed by atoms with Gasteiger partial charge in [0.2, 0.25) is 0 Å². The van der Waals surface area contributed by atoms with Crippen molar-refractivity contribution in [1.29, 1.82) is 0 Å². The van der Waals surface area contributed by atoms with Crippen molar-refractivity contribution >= 4 is 47.8 Å². The Kier molecular flexibility index (Phi) is 39.5. The Labute approximate surface area is 336 Å². The fourth-order valence-corrected chi connectivity index (χ4v) is 4.13. The van der Waals surface area contributed by atoms with Gasteiger partial charge < -0.3 is 48.5 Å². The monoisotopic (exact) mass is 825 g/mol. The number of hydrogen-bond donors (Lipinski definition) is 3. The third-order valence-electron chi connectivity index (χ3n) is 7.05. The van der Waals surface area contributed by atoms with Crippen LogP contribution in [0.25, 0.3) is 0 Å². The second kappa shape index (κ2) is 35.3. The van der Waals surface area contributed by atoms with Gasteiger partial charge in [0.25, 0.3) is 0 Å². The predicted octanol–water partition coefficient (Wildman–Crippen LogP) is 2.31. The van der Waals surface area contributed by atoms with Gasteiger partial charge in [-0.25, -0.2) is 24.0 Å². The number of aliphatic hydroxyl groups excluding tert-OH is 2. The first-order valence-corrected chi connectivity index (χ1v) is 15.5. The summed E-state index contributed by atoms with van der Waals surface area (Å²) < 4.78 is 34.3. The van der Waals surface area contributed by atoms with Crippen LogP contribution in [0.5, 0.6) is 0 Å². The topological polar surface area (TPSA) is 265 Å². The average Bonchev–Trinajstić information content (AvgIpc) is 3.13. The van der Waals surface area contributed by atoms with Crippen molar-refractivity contribution in [2.24, 2.45) is 17.3 Å². The zero-order valence-electron chi connectivity index (χ0n) is 27.9. The lowest BCUT2D eigenvalue weighted by atomic mass is 9.83. The Morgan fingerprint density at radius 2 is 1.05 bits per heavy atom. The fraction of sp³-hybridized carbons (Fsp3) is 0.632. The Bertz CT molecular complexity index is 1240. The van der Waals surface area contributed by atoms with E-state index in [1.165, 1.54) is 0 Å². The number of esters is 7. The van der Waals surface area contributed by atoms with Crippen LogP contribution >= 0.6 is 0 Å². The first kappa shape index (κ1) is 63.8. The van der Waals surface area contributed by atoms with Gasteiger partial charge in [0.15, 0.2) is 19.8 Å². The molecule has 0 fully saturated rings. The van der Waals surface area contributed by atoms with Crippen molar-refractivity contribution in [3.05, 3.63) is 37.5 Å². The third-order valence-corrected chi connectivity index (χ3v) is 7.05. The van der Waals surface area contributed by atoms with E-state index in [1.807, 2.05) is 0 Å². The Hall–Kier alpha value is -5.14. The lowest BCUT2D eigenvalue weighted by molar-refractivity contribution is -0.174. The summed E-state index contributed by atoms with van der Waals surface area (Å²) in [5.41, 5.74) is -1.76. The van der Waals surface area contributed by atoms with Crippen LogP contribution in [0, 0.1) is 17.3 Å². The first-order valence-electron chi connectivity index (χ1n) is 15.5. The van der Waals surface area contributed by atoms with Gasteiger partial charge in [-0.3, -0.25) is 19.3 Å². The largest absolute Gasteiger partial charge is 0.481 e. The first-order chi connectivity index (χ1) is 24.3. The number of rotatable bonds is 25. The van der Waals surface area contributed by atoms with Crippen LogP contribution in [-0.4, -0.2) is 147 Å². The summed E-state index contributed by atoms with van der Waals surface area (Å²) in [4.78, 5) is 96.6. The average molecular weight is 826 g/mol. The maximum atomic E-state index is 12.5. The van der Waals surface area contributed by atoms with Gasteiger partial charge in [-0.2, -0.15) is 0 Å². The Morgan fingerprint density at radius 3 is 1.46 bits per heavy atom. The molecule has 0 radical (unpaired) electrons. The number of ether oxygens (including phenoxy) is 7. The van der Waals surface area contributed by atoms with Crippen LogP contribution in [0.15, 0.2) is 37.5 Å². The van der Waals surface area contributed by atoms with E-state index in [1.54, 1.807) is 17.1 Å². The van der Waals surface area contributed by atoms with Crippen LogP contribution in [-0.2, 0) is 71.5 Å². The molecule has 0 amide bonds. The summed E-state index contributed by atoms with van der Waals surface area (Å²) in [5, 5.41) is 28.8. The van der Waals surface area contributed by atoms with E-state index >= 15 is 0 Å². The normalized spacial score (nSPS) is 13.5. The molecule has 0 saturated carbocycles. The van der Waals surface area contributed by atoms with Gasteiger partial charge in [-0.1, -0.05) is 69.9 Å². The van der Waals surface area contributed by atoms with Gasteiger partial charge in [-0.05, 0) is 12.8 Å². The smallest absolute Gasteiger partial charge is 0.344 e. The molecule has 1 rings (SSSR count). The van der Waals surface area contributed by atoms with Gasteiger partial charge in [0.05, 0.1) is 36.9 Å². The maximum Gasteiger partial charge on any atom is 0.344 e. The molecule has 2 atom stereocenters. The lowest BCUT2D eigenvalue weighted by Crippen LogP contribution is -2.43. The summed E-state index contributed by atoms with van der Waals surface area (Å²) in [6.07, 6.45) is 5.20. The molecule has 1 aliphatic rings. The van der Waals surface area contributed by atoms with Crippen LogP contribution in [0.2, 0.25) is 0 Å². The van der Waals surface area contributed by atoms with Gasteiger partial charge in [0, 0.05) is 31.8 Å².